The first-order valence-corrected chi connectivity index (χ1v) is 14.1. The first-order valence-electron chi connectivity index (χ1n) is 12.3. The molecule has 9 nitrogen and oxygen atoms in total. The lowest BCUT2D eigenvalue weighted by Gasteiger charge is -2.32. The van der Waals surface area contributed by atoms with Crippen LogP contribution in [0.3, 0.4) is 0 Å². The number of rotatable bonds is 7. The number of fused-ring (bicyclic) bond motifs is 1. The minimum absolute atomic E-state index is 0.0717. The van der Waals surface area contributed by atoms with Crippen LogP contribution in [0.2, 0.25) is 0 Å². The van der Waals surface area contributed by atoms with E-state index in [9.17, 15) is 13.2 Å². The lowest BCUT2D eigenvalue weighted by molar-refractivity contribution is 0.172. The molecule has 37 heavy (non-hydrogen) atoms. The van der Waals surface area contributed by atoms with E-state index in [4.69, 9.17) is 4.42 Å². The maximum absolute atomic E-state index is 12.9. The van der Waals surface area contributed by atoms with Gasteiger partial charge in [-0.25, -0.2) is 13.4 Å². The quantitative estimate of drug-likeness (QED) is 0.398. The second kappa shape index (κ2) is 10.1. The number of anilines is 1. The molecule has 1 aromatic carbocycles. The summed E-state index contributed by atoms with van der Waals surface area (Å²) in [5.41, 5.74) is 3.28. The highest BCUT2D eigenvalue weighted by atomic mass is 32.2. The van der Waals surface area contributed by atoms with Gasteiger partial charge in [0.25, 0.3) is 5.56 Å². The monoisotopic (exact) mass is 521 g/mol. The van der Waals surface area contributed by atoms with Crippen LogP contribution in [-0.4, -0.2) is 59.6 Å². The van der Waals surface area contributed by atoms with Crippen molar-refractivity contribution in [2.75, 3.05) is 37.8 Å². The number of nitrogens with zero attached hydrogens (tertiary/aromatic N) is 4. The maximum Gasteiger partial charge on any atom is 0.261 e. The van der Waals surface area contributed by atoms with Crippen LogP contribution in [0.25, 0.3) is 22.1 Å². The fourth-order valence-electron chi connectivity index (χ4n) is 4.75. The first kappa shape index (κ1) is 25.2. The van der Waals surface area contributed by atoms with Crippen LogP contribution in [0.5, 0.6) is 0 Å². The van der Waals surface area contributed by atoms with Gasteiger partial charge in [-0.1, -0.05) is 30.3 Å². The summed E-state index contributed by atoms with van der Waals surface area (Å²) in [4.78, 5) is 19.6. The van der Waals surface area contributed by atoms with E-state index >= 15 is 0 Å². The third kappa shape index (κ3) is 5.46. The Morgan fingerprint density at radius 2 is 1.81 bits per heavy atom. The molecule has 10 heteroatoms. The Morgan fingerprint density at radius 3 is 2.51 bits per heavy atom. The van der Waals surface area contributed by atoms with E-state index in [1.165, 1.54) is 10.6 Å². The SMILES string of the molecule is CC(Nc1cc(-c2cn(C)c(=O)c3cc(CN4CCN(S(C)(=O)=O)CC4)oc23)ccn1)c1ccccc1. The van der Waals surface area contributed by atoms with Crippen molar-refractivity contribution in [3.63, 3.8) is 0 Å². The normalized spacial score (nSPS) is 16.2. The van der Waals surface area contributed by atoms with E-state index in [2.05, 4.69) is 34.3 Å². The van der Waals surface area contributed by atoms with Gasteiger partial charge < -0.3 is 14.3 Å². The van der Waals surface area contributed by atoms with Gasteiger partial charge >= 0.3 is 0 Å². The van der Waals surface area contributed by atoms with Crippen molar-refractivity contribution >= 4 is 26.8 Å². The molecule has 0 bridgehead atoms. The van der Waals surface area contributed by atoms with E-state index in [0.717, 1.165) is 22.5 Å². The van der Waals surface area contributed by atoms with Crippen LogP contribution >= 0.6 is 0 Å². The Balaban J connectivity index is 1.41. The summed E-state index contributed by atoms with van der Waals surface area (Å²) in [5, 5.41) is 3.97. The first-order chi connectivity index (χ1) is 17.7. The van der Waals surface area contributed by atoms with Crippen LogP contribution in [0.1, 0.15) is 24.3 Å². The summed E-state index contributed by atoms with van der Waals surface area (Å²) in [6.45, 7) is 4.69. The van der Waals surface area contributed by atoms with Crippen LogP contribution in [0, 0.1) is 0 Å². The van der Waals surface area contributed by atoms with Gasteiger partial charge in [0.15, 0.2) is 0 Å². The molecule has 1 atom stereocenters. The number of aromatic nitrogens is 2. The maximum atomic E-state index is 12.9. The number of aryl methyl sites for hydroxylation is 1. The van der Waals surface area contributed by atoms with E-state index in [1.807, 2.05) is 36.4 Å². The average Bonchev–Trinajstić information content (AvgIpc) is 3.30. The Morgan fingerprint density at radius 1 is 1.08 bits per heavy atom. The van der Waals surface area contributed by atoms with Crippen LogP contribution < -0.4 is 10.9 Å². The molecule has 4 heterocycles. The molecular formula is C27H31N5O4S. The van der Waals surface area contributed by atoms with E-state index in [-0.39, 0.29) is 11.6 Å². The van der Waals surface area contributed by atoms with Crippen LogP contribution in [0.15, 0.2) is 70.1 Å². The predicted octanol–water partition coefficient (Wildman–Crippen LogP) is 3.44. The lowest BCUT2D eigenvalue weighted by Crippen LogP contribution is -2.47. The van der Waals surface area contributed by atoms with Gasteiger partial charge in [-0.05, 0) is 36.2 Å². The van der Waals surface area contributed by atoms with Crippen molar-refractivity contribution in [1.82, 2.24) is 18.8 Å². The molecule has 5 rings (SSSR count). The number of sulfonamides is 1. The molecule has 1 fully saturated rings. The molecule has 1 aliphatic heterocycles. The zero-order valence-corrected chi connectivity index (χ0v) is 22.0. The number of benzene rings is 1. The number of pyridine rings is 2. The van der Waals surface area contributed by atoms with Crippen molar-refractivity contribution in [2.24, 2.45) is 7.05 Å². The third-order valence-electron chi connectivity index (χ3n) is 6.82. The van der Waals surface area contributed by atoms with Crippen LogP contribution in [0.4, 0.5) is 5.82 Å². The van der Waals surface area contributed by atoms with Crippen LogP contribution in [-0.2, 0) is 23.6 Å². The largest absolute Gasteiger partial charge is 0.459 e. The minimum Gasteiger partial charge on any atom is -0.459 e. The molecule has 0 spiro atoms. The van der Waals surface area contributed by atoms with E-state index in [1.54, 1.807) is 24.0 Å². The summed E-state index contributed by atoms with van der Waals surface area (Å²) in [6, 6.07) is 15.9. The minimum atomic E-state index is -3.19. The third-order valence-corrected chi connectivity index (χ3v) is 8.12. The Kier molecular flexibility index (Phi) is 6.89. The molecular weight excluding hydrogens is 490 g/mol. The number of nitrogens with one attached hydrogen (secondary N) is 1. The predicted molar refractivity (Wildman–Crippen MR) is 145 cm³/mol. The average molecular weight is 522 g/mol. The van der Waals surface area contributed by atoms with Crippen molar-refractivity contribution in [2.45, 2.75) is 19.5 Å². The molecule has 0 aliphatic carbocycles. The smallest absolute Gasteiger partial charge is 0.261 e. The highest BCUT2D eigenvalue weighted by Crippen LogP contribution is 2.31. The number of hydrogen-bond donors (Lipinski definition) is 1. The summed E-state index contributed by atoms with van der Waals surface area (Å²) in [6.07, 6.45) is 4.78. The second-order valence-corrected chi connectivity index (χ2v) is 11.5. The Bertz CT molecular complexity index is 1570. The van der Waals surface area contributed by atoms with Crippen molar-refractivity contribution in [3.05, 3.63) is 82.6 Å². The summed E-state index contributed by atoms with van der Waals surface area (Å²) >= 11 is 0. The molecule has 0 saturated carbocycles. The molecule has 3 aromatic heterocycles. The molecule has 1 N–H and O–H groups in total. The highest BCUT2D eigenvalue weighted by molar-refractivity contribution is 7.88. The molecule has 1 aliphatic rings. The zero-order valence-electron chi connectivity index (χ0n) is 21.2. The van der Waals surface area contributed by atoms with Gasteiger partial charge in [0.1, 0.15) is 17.2 Å². The molecule has 0 radical (unpaired) electrons. The second-order valence-electron chi connectivity index (χ2n) is 9.56. The van der Waals surface area contributed by atoms with Gasteiger partial charge in [0.2, 0.25) is 10.0 Å². The summed E-state index contributed by atoms with van der Waals surface area (Å²) < 4.78 is 32.9. The van der Waals surface area contributed by atoms with Crippen molar-refractivity contribution < 1.29 is 12.8 Å². The fraction of sp³-hybridized carbons (Fsp3) is 0.333. The van der Waals surface area contributed by atoms with Gasteiger partial charge in [0, 0.05) is 57.2 Å². The van der Waals surface area contributed by atoms with Gasteiger partial charge in [-0.2, -0.15) is 4.31 Å². The van der Waals surface area contributed by atoms with Gasteiger partial charge in [-0.3, -0.25) is 9.69 Å². The molecule has 1 unspecified atom stereocenters. The highest BCUT2D eigenvalue weighted by Gasteiger charge is 2.24. The van der Waals surface area contributed by atoms with Crippen molar-refractivity contribution in [3.8, 4) is 11.1 Å². The number of furan rings is 1. The molecule has 4 aromatic rings. The van der Waals surface area contributed by atoms with Crippen molar-refractivity contribution in [1.29, 1.82) is 0 Å². The standard InChI is InChI=1S/C27H31N5O4S/c1-19(20-7-5-4-6-8-20)29-25-15-21(9-10-28-25)24-18-30(2)27(33)23-16-22(36-26(23)24)17-31-11-13-32(14-12-31)37(3,34)35/h4-10,15-16,18-19H,11-14,17H2,1-3H3,(H,28,29). The lowest BCUT2D eigenvalue weighted by atomic mass is 10.1. The summed E-state index contributed by atoms with van der Waals surface area (Å²) in [5.74, 6) is 1.41. The molecule has 0 amide bonds. The van der Waals surface area contributed by atoms with Gasteiger partial charge in [-0.15, -0.1) is 0 Å². The fourth-order valence-corrected chi connectivity index (χ4v) is 5.58. The van der Waals surface area contributed by atoms with E-state index < -0.39 is 10.0 Å². The number of hydrogen-bond acceptors (Lipinski definition) is 7. The number of piperazine rings is 1. The zero-order chi connectivity index (χ0) is 26.2. The summed E-state index contributed by atoms with van der Waals surface area (Å²) in [7, 11) is -1.45. The van der Waals surface area contributed by atoms with Gasteiger partial charge in [0.05, 0.1) is 18.2 Å². The Hall–Kier alpha value is -3.47. The topological polar surface area (TPSA) is 101 Å². The Labute approximate surface area is 216 Å². The van der Waals surface area contributed by atoms with E-state index in [0.29, 0.717) is 49.5 Å². The molecule has 194 valence electrons. The molecule has 1 saturated heterocycles.